The minimum absolute atomic E-state index is 0.344. The van der Waals surface area contributed by atoms with Crippen molar-refractivity contribution in [3.8, 4) is 11.4 Å². The Labute approximate surface area is 164 Å². The number of fused-ring (bicyclic) bond motifs is 1. The first-order valence-corrected chi connectivity index (χ1v) is 9.72. The number of hydrogen-bond donors (Lipinski definition) is 1. The summed E-state index contributed by atoms with van der Waals surface area (Å²) >= 11 is 7.39. The van der Waals surface area contributed by atoms with E-state index in [0.717, 1.165) is 27.6 Å². The lowest BCUT2D eigenvalue weighted by molar-refractivity contribution is 0.557. The predicted molar refractivity (Wildman–Crippen MR) is 108 cm³/mol. The van der Waals surface area contributed by atoms with E-state index in [-0.39, 0.29) is 5.63 Å². The molecule has 1 N–H and O–H groups in total. The number of rotatable bonds is 4. The first-order chi connectivity index (χ1) is 13.0. The minimum atomic E-state index is -0.344. The Bertz CT molecular complexity index is 1180. The van der Waals surface area contributed by atoms with E-state index < -0.39 is 0 Å². The molecule has 2 aromatic carbocycles. The van der Waals surface area contributed by atoms with Gasteiger partial charge in [0, 0.05) is 27.8 Å². The second-order valence-electron chi connectivity index (χ2n) is 6.24. The van der Waals surface area contributed by atoms with Gasteiger partial charge in [0.2, 0.25) is 5.16 Å². The fourth-order valence-electron chi connectivity index (χ4n) is 2.83. The first kappa shape index (κ1) is 17.8. The molecule has 5 nitrogen and oxygen atoms in total. The molecule has 0 atom stereocenters. The van der Waals surface area contributed by atoms with E-state index in [4.69, 9.17) is 16.0 Å². The number of nitrogens with one attached hydrogen (secondary N) is 1. The van der Waals surface area contributed by atoms with Crippen LogP contribution < -0.4 is 5.63 Å². The van der Waals surface area contributed by atoms with Gasteiger partial charge in [0.25, 0.3) is 0 Å². The van der Waals surface area contributed by atoms with Crippen LogP contribution in [0.4, 0.5) is 0 Å². The average Bonchev–Trinajstić information content (AvgIpc) is 3.13. The van der Waals surface area contributed by atoms with Crippen LogP contribution in [-0.2, 0) is 5.75 Å². The zero-order chi connectivity index (χ0) is 19.0. The molecule has 0 saturated heterocycles. The van der Waals surface area contributed by atoms with Crippen molar-refractivity contribution in [1.82, 2.24) is 15.2 Å². The largest absolute Gasteiger partial charge is 0.422 e. The van der Waals surface area contributed by atoms with Gasteiger partial charge in [0.15, 0.2) is 5.82 Å². The fourth-order valence-corrected chi connectivity index (χ4v) is 3.75. The molecule has 0 spiro atoms. The lowest BCUT2D eigenvalue weighted by Gasteiger charge is -2.08. The number of aromatic amines is 1. The Kier molecular flexibility index (Phi) is 4.76. The molecule has 4 aromatic rings. The van der Waals surface area contributed by atoms with E-state index >= 15 is 0 Å². The van der Waals surface area contributed by atoms with Gasteiger partial charge in [-0.25, -0.2) is 9.78 Å². The van der Waals surface area contributed by atoms with E-state index in [1.807, 2.05) is 50.2 Å². The highest BCUT2D eigenvalue weighted by molar-refractivity contribution is 7.98. The van der Waals surface area contributed by atoms with Crippen LogP contribution in [0, 0.1) is 13.8 Å². The number of benzene rings is 2. The molecule has 0 aliphatic carbocycles. The lowest BCUT2D eigenvalue weighted by Crippen LogP contribution is -2.01. The summed E-state index contributed by atoms with van der Waals surface area (Å²) in [6.45, 7) is 3.97. The van der Waals surface area contributed by atoms with Crippen molar-refractivity contribution in [1.29, 1.82) is 0 Å². The fraction of sp³-hybridized carbons (Fsp3) is 0.150. The second kappa shape index (κ2) is 7.21. The molecule has 0 unspecified atom stereocenters. The SMILES string of the molecule is Cc1ccc2c(CSc3n[nH]c(-c4ccc(Cl)cc4)n3)cc(=O)oc2c1C. The normalized spacial score (nSPS) is 11.2. The van der Waals surface area contributed by atoms with Crippen molar-refractivity contribution in [3.63, 3.8) is 0 Å². The molecule has 136 valence electrons. The Morgan fingerprint density at radius 3 is 2.70 bits per heavy atom. The Morgan fingerprint density at radius 1 is 1.15 bits per heavy atom. The molecule has 0 amide bonds. The maximum absolute atomic E-state index is 12.0. The van der Waals surface area contributed by atoms with Gasteiger partial charge in [-0.2, -0.15) is 0 Å². The van der Waals surface area contributed by atoms with E-state index in [9.17, 15) is 4.79 Å². The van der Waals surface area contributed by atoms with Crippen molar-refractivity contribution in [2.24, 2.45) is 0 Å². The van der Waals surface area contributed by atoms with Crippen molar-refractivity contribution >= 4 is 34.3 Å². The smallest absolute Gasteiger partial charge is 0.336 e. The number of thioether (sulfide) groups is 1. The molecule has 7 heteroatoms. The number of aromatic nitrogens is 3. The third kappa shape index (κ3) is 3.63. The number of H-pyrrole nitrogens is 1. The number of aryl methyl sites for hydroxylation is 2. The van der Waals surface area contributed by atoms with Gasteiger partial charge in [-0.1, -0.05) is 35.5 Å². The molecule has 2 heterocycles. The Balaban J connectivity index is 1.60. The summed E-state index contributed by atoms with van der Waals surface area (Å²) < 4.78 is 5.42. The summed E-state index contributed by atoms with van der Waals surface area (Å²) in [5.74, 6) is 1.25. The summed E-state index contributed by atoms with van der Waals surface area (Å²) in [4.78, 5) is 16.5. The van der Waals surface area contributed by atoms with Crippen LogP contribution in [0.1, 0.15) is 16.7 Å². The van der Waals surface area contributed by atoms with E-state index in [1.165, 1.54) is 17.8 Å². The molecular formula is C20H16ClN3O2S. The standard InChI is InChI=1S/C20H16ClN3O2S/c1-11-3-8-16-14(9-17(25)26-18(16)12(11)2)10-27-20-22-19(23-24-20)13-4-6-15(21)7-5-13/h3-9H,10H2,1-2H3,(H,22,23,24). The van der Waals surface area contributed by atoms with Gasteiger partial charge in [0.1, 0.15) is 5.58 Å². The molecule has 0 aliphatic rings. The highest BCUT2D eigenvalue weighted by Crippen LogP contribution is 2.28. The van der Waals surface area contributed by atoms with Crippen LogP contribution in [0.3, 0.4) is 0 Å². The quantitative estimate of drug-likeness (QED) is 0.381. The first-order valence-electron chi connectivity index (χ1n) is 8.35. The molecule has 27 heavy (non-hydrogen) atoms. The molecule has 0 fully saturated rings. The van der Waals surface area contributed by atoms with Crippen LogP contribution in [0.25, 0.3) is 22.4 Å². The summed E-state index contributed by atoms with van der Waals surface area (Å²) in [5.41, 5.74) is 4.21. The van der Waals surface area contributed by atoms with Crippen molar-refractivity contribution in [2.75, 3.05) is 0 Å². The van der Waals surface area contributed by atoms with Crippen molar-refractivity contribution in [2.45, 2.75) is 24.8 Å². The molecule has 0 radical (unpaired) electrons. The molecule has 2 aromatic heterocycles. The van der Waals surface area contributed by atoms with Gasteiger partial charge < -0.3 is 4.42 Å². The molecule has 0 aliphatic heterocycles. The number of nitrogens with zero attached hydrogens (tertiary/aromatic N) is 2. The highest BCUT2D eigenvalue weighted by Gasteiger charge is 2.12. The minimum Gasteiger partial charge on any atom is -0.422 e. The lowest BCUT2D eigenvalue weighted by atomic mass is 10.0. The summed E-state index contributed by atoms with van der Waals surface area (Å²) in [6.07, 6.45) is 0. The summed E-state index contributed by atoms with van der Waals surface area (Å²) in [7, 11) is 0. The van der Waals surface area contributed by atoms with Gasteiger partial charge in [-0.05, 0) is 54.8 Å². The van der Waals surface area contributed by atoms with Crippen LogP contribution >= 0.6 is 23.4 Å². The van der Waals surface area contributed by atoms with Crippen molar-refractivity contribution in [3.05, 3.63) is 74.6 Å². The Morgan fingerprint density at radius 2 is 1.93 bits per heavy atom. The predicted octanol–water partition coefficient (Wildman–Crippen LogP) is 5.14. The van der Waals surface area contributed by atoms with Crippen LogP contribution in [0.15, 0.2) is 56.8 Å². The molecular weight excluding hydrogens is 382 g/mol. The van der Waals surface area contributed by atoms with Gasteiger partial charge in [0.05, 0.1) is 0 Å². The average molecular weight is 398 g/mol. The maximum Gasteiger partial charge on any atom is 0.336 e. The maximum atomic E-state index is 12.0. The molecule has 0 bridgehead atoms. The number of halogens is 1. The van der Waals surface area contributed by atoms with Gasteiger partial charge >= 0.3 is 5.63 Å². The second-order valence-corrected chi connectivity index (χ2v) is 7.62. The topological polar surface area (TPSA) is 71.8 Å². The molecule has 4 rings (SSSR count). The number of hydrogen-bond acceptors (Lipinski definition) is 5. The monoisotopic (exact) mass is 397 g/mol. The zero-order valence-electron chi connectivity index (χ0n) is 14.7. The van der Waals surface area contributed by atoms with E-state index in [0.29, 0.717) is 27.3 Å². The summed E-state index contributed by atoms with van der Waals surface area (Å²) in [6, 6.07) is 13.0. The molecule has 0 saturated carbocycles. The van der Waals surface area contributed by atoms with Crippen LogP contribution in [0.2, 0.25) is 5.02 Å². The van der Waals surface area contributed by atoms with E-state index in [1.54, 1.807) is 0 Å². The van der Waals surface area contributed by atoms with Crippen LogP contribution in [-0.4, -0.2) is 15.2 Å². The van der Waals surface area contributed by atoms with E-state index in [2.05, 4.69) is 15.2 Å². The summed E-state index contributed by atoms with van der Waals surface area (Å²) in [5, 5.41) is 9.43. The van der Waals surface area contributed by atoms with Crippen molar-refractivity contribution < 1.29 is 4.42 Å². The third-order valence-electron chi connectivity index (χ3n) is 4.46. The zero-order valence-corrected chi connectivity index (χ0v) is 16.3. The highest BCUT2D eigenvalue weighted by atomic mass is 35.5. The van der Waals surface area contributed by atoms with Gasteiger partial charge in [-0.15, -0.1) is 5.10 Å². The van der Waals surface area contributed by atoms with Gasteiger partial charge in [-0.3, -0.25) is 5.10 Å². The van der Waals surface area contributed by atoms with Crippen LogP contribution in [0.5, 0.6) is 0 Å². The Hall–Kier alpha value is -2.57. The third-order valence-corrected chi connectivity index (χ3v) is 5.60.